The molecule has 0 aromatic heterocycles. The van der Waals surface area contributed by atoms with E-state index in [1.807, 2.05) is 12.1 Å². The molecule has 1 aromatic carbocycles. The summed E-state index contributed by atoms with van der Waals surface area (Å²) in [6.45, 7) is 3.69. The molecule has 100 valence electrons. The van der Waals surface area contributed by atoms with Crippen LogP contribution in [-0.4, -0.2) is 31.2 Å². The number of rotatable bonds is 2. The third-order valence-corrected chi connectivity index (χ3v) is 3.90. The molecule has 3 rings (SSSR count). The lowest BCUT2D eigenvalue weighted by molar-refractivity contribution is 0.0550. The maximum Gasteiger partial charge on any atom is 0.0642 e. The molecule has 1 aliphatic heterocycles. The summed E-state index contributed by atoms with van der Waals surface area (Å²) in [5.41, 5.74) is 4.06. The molecule has 1 heterocycles. The van der Waals surface area contributed by atoms with Gasteiger partial charge in [-0.05, 0) is 42.2 Å². The summed E-state index contributed by atoms with van der Waals surface area (Å²) in [4.78, 5) is 2.44. The highest BCUT2D eigenvalue weighted by molar-refractivity contribution is 6.30. The van der Waals surface area contributed by atoms with Crippen molar-refractivity contribution in [3.63, 3.8) is 0 Å². The van der Waals surface area contributed by atoms with Gasteiger partial charge < -0.3 is 9.64 Å². The van der Waals surface area contributed by atoms with E-state index in [9.17, 15) is 0 Å². The van der Waals surface area contributed by atoms with Crippen LogP contribution in [0, 0.1) is 0 Å². The Morgan fingerprint density at radius 3 is 2.58 bits per heavy atom. The maximum absolute atomic E-state index is 5.92. The summed E-state index contributed by atoms with van der Waals surface area (Å²) >= 11 is 5.92. The first-order valence-corrected chi connectivity index (χ1v) is 7.20. The highest BCUT2D eigenvalue weighted by Crippen LogP contribution is 2.30. The van der Waals surface area contributed by atoms with Crippen LogP contribution >= 0.6 is 11.6 Å². The molecule has 19 heavy (non-hydrogen) atoms. The topological polar surface area (TPSA) is 12.5 Å². The summed E-state index contributed by atoms with van der Waals surface area (Å²) < 4.78 is 5.42. The largest absolute Gasteiger partial charge is 0.378 e. The summed E-state index contributed by atoms with van der Waals surface area (Å²) in [6, 6.07) is 8.04. The lowest BCUT2D eigenvalue weighted by atomic mass is 10.1. The van der Waals surface area contributed by atoms with E-state index in [0.29, 0.717) is 0 Å². The van der Waals surface area contributed by atoms with Crippen molar-refractivity contribution in [3.8, 4) is 0 Å². The van der Waals surface area contributed by atoms with E-state index in [1.54, 1.807) is 0 Å². The van der Waals surface area contributed by atoms with Gasteiger partial charge in [0.25, 0.3) is 0 Å². The second-order valence-corrected chi connectivity index (χ2v) is 5.39. The number of hydrogen-bond donors (Lipinski definition) is 0. The molecule has 1 saturated heterocycles. The van der Waals surface area contributed by atoms with Crippen molar-refractivity contribution in [2.45, 2.75) is 12.8 Å². The molecular formula is C16H18ClNO. The zero-order chi connectivity index (χ0) is 13.1. The molecule has 0 spiro atoms. The first-order chi connectivity index (χ1) is 9.33. The molecule has 3 heteroatoms. The average Bonchev–Trinajstić information content (AvgIpc) is 2.90. The van der Waals surface area contributed by atoms with Gasteiger partial charge in [-0.25, -0.2) is 0 Å². The SMILES string of the molecule is Clc1ccc(/C=C2/CCC=C2N2CCOCC2)cc1. The maximum atomic E-state index is 5.92. The van der Waals surface area contributed by atoms with Gasteiger partial charge in [0.05, 0.1) is 13.2 Å². The van der Waals surface area contributed by atoms with E-state index < -0.39 is 0 Å². The van der Waals surface area contributed by atoms with Crippen molar-refractivity contribution < 1.29 is 4.74 Å². The quantitative estimate of drug-likeness (QED) is 0.815. The Kier molecular flexibility index (Phi) is 3.90. The molecule has 1 fully saturated rings. The Balaban J connectivity index is 1.79. The highest BCUT2D eigenvalue weighted by atomic mass is 35.5. The van der Waals surface area contributed by atoms with Crippen LogP contribution in [0.25, 0.3) is 6.08 Å². The number of benzene rings is 1. The minimum atomic E-state index is 0.789. The fraction of sp³-hybridized carbons (Fsp3) is 0.375. The molecule has 0 radical (unpaired) electrons. The third-order valence-electron chi connectivity index (χ3n) is 3.64. The molecule has 0 atom stereocenters. The number of nitrogens with zero attached hydrogens (tertiary/aromatic N) is 1. The number of morpholine rings is 1. The van der Waals surface area contributed by atoms with Gasteiger partial charge in [-0.3, -0.25) is 0 Å². The van der Waals surface area contributed by atoms with Gasteiger partial charge in [0.2, 0.25) is 0 Å². The fourth-order valence-corrected chi connectivity index (χ4v) is 2.79. The van der Waals surface area contributed by atoms with Crippen molar-refractivity contribution in [1.29, 1.82) is 0 Å². The Morgan fingerprint density at radius 1 is 1.11 bits per heavy atom. The first kappa shape index (κ1) is 12.8. The van der Waals surface area contributed by atoms with E-state index in [-0.39, 0.29) is 0 Å². The molecular weight excluding hydrogens is 258 g/mol. The average molecular weight is 276 g/mol. The van der Waals surface area contributed by atoms with Crippen molar-refractivity contribution in [1.82, 2.24) is 4.90 Å². The second kappa shape index (κ2) is 5.81. The van der Waals surface area contributed by atoms with Crippen LogP contribution in [0.5, 0.6) is 0 Å². The monoisotopic (exact) mass is 275 g/mol. The summed E-state index contributed by atoms with van der Waals surface area (Å²) in [7, 11) is 0. The summed E-state index contributed by atoms with van der Waals surface area (Å²) in [6.07, 6.45) is 6.92. The van der Waals surface area contributed by atoms with Gasteiger partial charge in [0.15, 0.2) is 0 Å². The van der Waals surface area contributed by atoms with Crippen LogP contribution in [-0.2, 0) is 4.74 Å². The first-order valence-electron chi connectivity index (χ1n) is 6.82. The van der Waals surface area contributed by atoms with Crippen molar-refractivity contribution in [2.24, 2.45) is 0 Å². The van der Waals surface area contributed by atoms with Gasteiger partial charge in [0, 0.05) is 23.8 Å². The van der Waals surface area contributed by atoms with E-state index in [1.165, 1.54) is 16.8 Å². The Morgan fingerprint density at radius 2 is 1.84 bits per heavy atom. The predicted octanol–water partition coefficient (Wildman–Crippen LogP) is 3.73. The Labute approximate surface area is 119 Å². The normalized spacial score (nSPS) is 21.8. The molecule has 0 amide bonds. The van der Waals surface area contributed by atoms with Crippen LogP contribution < -0.4 is 0 Å². The van der Waals surface area contributed by atoms with Crippen LogP contribution in [0.2, 0.25) is 5.02 Å². The van der Waals surface area contributed by atoms with Gasteiger partial charge >= 0.3 is 0 Å². The van der Waals surface area contributed by atoms with Crippen molar-refractivity contribution in [3.05, 3.63) is 52.2 Å². The molecule has 2 nitrogen and oxygen atoms in total. The summed E-state index contributed by atoms with van der Waals surface area (Å²) in [5, 5.41) is 0.789. The van der Waals surface area contributed by atoms with Crippen LogP contribution in [0.4, 0.5) is 0 Å². The standard InChI is InChI=1S/C16H18ClNO/c17-15-6-4-13(5-7-15)12-14-2-1-3-16(14)18-8-10-19-11-9-18/h3-7,12H,1-2,8-11H2/b14-12-. The number of halogens is 1. The third kappa shape index (κ3) is 3.02. The van der Waals surface area contributed by atoms with Gasteiger partial charge in [-0.15, -0.1) is 0 Å². The van der Waals surface area contributed by atoms with Crippen molar-refractivity contribution >= 4 is 17.7 Å². The van der Waals surface area contributed by atoms with E-state index >= 15 is 0 Å². The minimum absolute atomic E-state index is 0.789. The van der Waals surface area contributed by atoms with Crippen molar-refractivity contribution in [2.75, 3.05) is 26.3 Å². The zero-order valence-electron chi connectivity index (χ0n) is 10.9. The van der Waals surface area contributed by atoms with Gasteiger partial charge in [-0.2, -0.15) is 0 Å². The number of hydrogen-bond acceptors (Lipinski definition) is 2. The predicted molar refractivity (Wildman–Crippen MR) is 79.1 cm³/mol. The smallest absolute Gasteiger partial charge is 0.0642 e. The molecule has 2 aliphatic rings. The van der Waals surface area contributed by atoms with E-state index in [4.69, 9.17) is 16.3 Å². The fourth-order valence-electron chi connectivity index (χ4n) is 2.67. The number of allylic oxidation sites excluding steroid dienone is 2. The Bertz CT molecular complexity index is 498. The molecule has 1 aliphatic carbocycles. The zero-order valence-corrected chi connectivity index (χ0v) is 11.7. The molecule has 0 bridgehead atoms. The summed E-state index contributed by atoms with van der Waals surface area (Å²) in [5.74, 6) is 0. The second-order valence-electron chi connectivity index (χ2n) is 4.95. The van der Waals surface area contributed by atoms with Crippen LogP contribution in [0.3, 0.4) is 0 Å². The van der Waals surface area contributed by atoms with Gasteiger partial charge in [0.1, 0.15) is 0 Å². The Hall–Kier alpha value is -1.25. The molecule has 1 aromatic rings. The van der Waals surface area contributed by atoms with Crippen LogP contribution in [0.1, 0.15) is 18.4 Å². The lowest BCUT2D eigenvalue weighted by Gasteiger charge is -2.30. The minimum Gasteiger partial charge on any atom is -0.378 e. The van der Waals surface area contributed by atoms with Crippen LogP contribution in [0.15, 0.2) is 41.6 Å². The molecule has 0 N–H and O–H groups in total. The van der Waals surface area contributed by atoms with E-state index in [0.717, 1.165) is 44.2 Å². The number of ether oxygens (including phenoxy) is 1. The molecule has 0 saturated carbocycles. The molecule has 0 unspecified atom stereocenters. The lowest BCUT2D eigenvalue weighted by Crippen LogP contribution is -2.35. The highest BCUT2D eigenvalue weighted by Gasteiger charge is 2.20. The van der Waals surface area contributed by atoms with E-state index in [2.05, 4.69) is 29.2 Å². The van der Waals surface area contributed by atoms with Gasteiger partial charge in [-0.1, -0.05) is 29.8 Å².